The lowest BCUT2D eigenvalue weighted by Gasteiger charge is -2.24. The van der Waals surface area contributed by atoms with E-state index in [0.29, 0.717) is 29.8 Å². The number of hydrogen-bond donors (Lipinski definition) is 1. The minimum absolute atomic E-state index is 0.0108. The minimum Gasteiger partial charge on any atom is -0.486 e. The highest BCUT2D eigenvalue weighted by molar-refractivity contribution is 8.00. The van der Waals surface area contributed by atoms with Gasteiger partial charge >= 0.3 is 0 Å². The molecule has 0 aliphatic rings. The van der Waals surface area contributed by atoms with Crippen molar-refractivity contribution >= 4 is 17.7 Å². The van der Waals surface area contributed by atoms with Crippen LogP contribution in [0.5, 0.6) is 5.75 Å². The molecular weight excluding hydrogens is 405 g/mol. The fourth-order valence-corrected chi connectivity index (χ4v) is 3.92. The van der Waals surface area contributed by atoms with Crippen molar-refractivity contribution in [1.82, 2.24) is 19.8 Å². The summed E-state index contributed by atoms with van der Waals surface area (Å²) in [4.78, 5) is 14.9. The number of benzene rings is 2. The summed E-state index contributed by atoms with van der Waals surface area (Å²) in [6.07, 6.45) is 0. The molecule has 0 aliphatic heterocycles. The number of carbonyl (C=O) groups excluding carboxylic acids is 1. The van der Waals surface area contributed by atoms with E-state index in [1.165, 1.54) is 40.7 Å². The van der Waals surface area contributed by atoms with Crippen LogP contribution >= 0.6 is 11.8 Å². The maximum Gasteiger partial charge on any atom is 0.240 e. The molecule has 158 valence electrons. The predicted octanol–water partition coefficient (Wildman–Crippen LogP) is 3.41. The van der Waals surface area contributed by atoms with Crippen LogP contribution in [-0.4, -0.2) is 38.8 Å². The zero-order chi connectivity index (χ0) is 21.5. The van der Waals surface area contributed by atoms with Crippen LogP contribution in [0, 0.1) is 5.82 Å². The number of aromatic nitrogens is 3. The Morgan fingerprint density at radius 3 is 2.43 bits per heavy atom. The van der Waals surface area contributed by atoms with Crippen molar-refractivity contribution in [3.05, 3.63) is 71.8 Å². The first-order valence-corrected chi connectivity index (χ1v) is 10.5. The molecule has 30 heavy (non-hydrogen) atoms. The smallest absolute Gasteiger partial charge is 0.240 e. The van der Waals surface area contributed by atoms with E-state index in [9.17, 15) is 9.18 Å². The number of hydrogen-bond acceptors (Lipinski definition) is 6. The van der Waals surface area contributed by atoms with E-state index in [1.807, 2.05) is 44.2 Å². The van der Waals surface area contributed by atoms with Crippen molar-refractivity contribution in [3.8, 4) is 5.75 Å². The van der Waals surface area contributed by atoms with Crippen LogP contribution in [0.1, 0.15) is 30.5 Å². The van der Waals surface area contributed by atoms with Crippen LogP contribution in [-0.2, 0) is 11.4 Å². The lowest BCUT2D eigenvalue weighted by molar-refractivity contribution is -0.130. The first-order valence-electron chi connectivity index (χ1n) is 9.61. The Morgan fingerprint density at radius 1 is 1.13 bits per heavy atom. The molecular formula is C21H24FN5O2S. The van der Waals surface area contributed by atoms with E-state index in [2.05, 4.69) is 10.2 Å². The van der Waals surface area contributed by atoms with Gasteiger partial charge in [0, 0.05) is 13.1 Å². The predicted molar refractivity (Wildman–Crippen MR) is 114 cm³/mol. The third kappa shape index (κ3) is 5.10. The van der Waals surface area contributed by atoms with Crippen molar-refractivity contribution < 1.29 is 13.9 Å². The minimum atomic E-state index is -0.497. The zero-order valence-corrected chi connectivity index (χ0v) is 17.7. The van der Waals surface area contributed by atoms with E-state index >= 15 is 0 Å². The third-order valence-electron chi connectivity index (χ3n) is 4.54. The highest BCUT2D eigenvalue weighted by Gasteiger charge is 2.28. The highest BCUT2D eigenvalue weighted by atomic mass is 32.2. The normalized spacial score (nSPS) is 11.8. The van der Waals surface area contributed by atoms with Gasteiger partial charge in [0.05, 0.1) is 0 Å². The molecule has 1 heterocycles. The van der Waals surface area contributed by atoms with Gasteiger partial charge in [-0.15, -0.1) is 10.2 Å². The van der Waals surface area contributed by atoms with E-state index in [-0.39, 0.29) is 18.3 Å². The standard InChI is InChI=1S/C21H24FN5O2S/c1-3-26(4-2)20(28)19(15-8-6-5-7-9-15)30-21-25-24-18(27(21)23)14-29-17-12-10-16(22)11-13-17/h5-13,19H,3-4,14,23H2,1-2H3. The van der Waals surface area contributed by atoms with Gasteiger partial charge in [-0.1, -0.05) is 42.1 Å². The summed E-state index contributed by atoms with van der Waals surface area (Å²) >= 11 is 1.25. The van der Waals surface area contributed by atoms with Crippen LogP contribution in [0.15, 0.2) is 59.8 Å². The summed E-state index contributed by atoms with van der Waals surface area (Å²) in [6, 6.07) is 15.2. The topological polar surface area (TPSA) is 86.3 Å². The number of nitrogens with zero attached hydrogens (tertiary/aromatic N) is 4. The summed E-state index contributed by atoms with van der Waals surface area (Å²) in [7, 11) is 0. The zero-order valence-electron chi connectivity index (χ0n) is 16.9. The maximum absolute atomic E-state index is 13.1. The summed E-state index contributed by atoms with van der Waals surface area (Å²) in [5, 5.41) is 8.13. The molecule has 0 saturated heterocycles. The molecule has 0 saturated carbocycles. The number of carbonyl (C=O) groups is 1. The van der Waals surface area contributed by atoms with E-state index in [1.54, 1.807) is 4.90 Å². The number of amides is 1. The van der Waals surface area contributed by atoms with E-state index in [4.69, 9.17) is 10.6 Å². The van der Waals surface area contributed by atoms with Crippen LogP contribution in [0.3, 0.4) is 0 Å². The van der Waals surface area contributed by atoms with Gasteiger partial charge in [-0.05, 0) is 43.7 Å². The number of ether oxygens (including phenoxy) is 1. The second-order valence-electron chi connectivity index (χ2n) is 6.43. The van der Waals surface area contributed by atoms with Gasteiger partial charge in [-0.3, -0.25) is 4.79 Å². The summed E-state index contributed by atoms with van der Waals surface area (Å²) in [6.45, 7) is 5.20. The molecule has 9 heteroatoms. The number of thioether (sulfide) groups is 1. The molecule has 3 rings (SSSR count). The average Bonchev–Trinajstić information content (AvgIpc) is 3.12. The second-order valence-corrected chi connectivity index (χ2v) is 7.50. The fraction of sp³-hybridized carbons (Fsp3) is 0.286. The molecule has 1 amide bonds. The molecule has 1 unspecified atom stereocenters. The van der Waals surface area contributed by atoms with E-state index < -0.39 is 5.25 Å². The number of likely N-dealkylation sites (N-methyl/N-ethyl adjacent to an activating group) is 1. The Hall–Kier alpha value is -3.07. The Balaban J connectivity index is 1.78. The largest absolute Gasteiger partial charge is 0.486 e. The first kappa shape index (κ1) is 21.6. The SMILES string of the molecule is CCN(CC)C(=O)C(Sc1nnc(COc2ccc(F)cc2)n1N)c1ccccc1. The number of nitrogen functional groups attached to an aromatic ring is 1. The molecule has 1 aromatic heterocycles. The molecule has 2 N–H and O–H groups in total. The number of rotatable bonds is 9. The number of halogens is 1. The number of nitrogens with two attached hydrogens (primary N) is 1. The van der Waals surface area contributed by atoms with Crippen LogP contribution < -0.4 is 10.6 Å². The molecule has 3 aromatic rings. The summed E-state index contributed by atoms with van der Waals surface area (Å²) < 4.78 is 19.9. The van der Waals surface area contributed by atoms with Gasteiger partial charge in [-0.2, -0.15) is 0 Å². The average molecular weight is 430 g/mol. The molecule has 2 aromatic carbocycles. The molecule has 0 aliphatic carbocycles. The van der Waals surface area contributed by atoms with Gasteiger partial charge in [0.2, 0.25) is 11.1 Å². The Kier molecular flexibility index (Phi) is 7.29. The van der Waals surface area contributed by atoms with Crippen LogP contribution in [0.4, 0.5) is 4.39 Å². The molecule has 7 nitrogen and oxygen atoms in total. The Morgan fingerprint density at radius 2 is 1.80 bits per heavy atom. The quantitative estimate of drug-likeness (QED) is 0.414. The van der Waals surface area contributed by atoms with Crippen molar-refractivity contribution in [1.29, 1.82) is 0 Å². The Bertz CT molecular complexity index is 961. The molecule has 0 radical (unpaired) electrons. The molecule has 0 spiro atoms. The van der Waals surface area contributed by atoms with Gasteiger partial charge in [0.25, 0.3) is 0 Å². The molecule has 0 fully saturated rings. The first-order chi connectivity index (χ1) is 14.5. The van der Waals surface area contributed by atoms with Gasteiger partial charge < -0.3 is 15.5 Å². The Labute approximate surface area is 179 Å². The lowest BCUT2D eigenvalue weighted by Crippen LogP contribution is -2.34. The third-order valence-corrected chi connectivity index (χ3v) is 5.74. The summed E-state index contributed by atoms with van der Waals surface area (Å²) in [5.41, 5.74) is 0.867. The van der Waals surface area contributed by atoms with Gasteiger partial charge in [0.1, 0.15) is 23.4 Å². The van der Waals surface area contributed by atoms with Crippen LogP contribution in [0.2, 0.25) is 0 Å². The van der Waals surface area contributed by atoms with Crippen LogP contribution in [0.25, 0.3) is 0 Å². The summed E-state index contributed by atoms with van der Waals surface area (Å²) in [5.74, 6) is 6.70. The van der Waals surface area contributed by atoms with Gasteiger partial charge in [0.15, 0.2) is 5.82 Å². The fourth-order valence-electron chi connectivity index (χ4n) is 2.86. The highest BCUT2D eigenvalue weighted by Crippen LogP contribution is 2.35. The van der Waals surface area contributed by atoms with Gasteiger partial charge in [-0.25, -0.2) is 9.07 Å². The monoisotopic (exact) mass is 429 g/mol. The van der Waals surface area contributed by atoms with Crippen molar-refractivity contribution in [2.24, 2.45) is 0 Å². The molecule has 1 atom stereocenters. The second kappa shape index (κ2) is 10.1. The van der Waals surface area contributed by atoms with Crippen molar-refractivity contribution in [2.45, 2.75) is 30.9 Å². The molecule has 0 bridgehead atoms. The lowest BCUT2D eigenvalue weighted by atomic mass is 10.1. The van der Waals surface area contributed by atoms with Crippen molar-refractivity contribution in [2.75, 3.05) is 18.9 Å². The maximum atomic E-state index is 13.1. The van der Waals surface area contributed by atoms with Crippen molar-refractivity contribution in [3.63, 3.8) is 0 Å². The van der Waals surface area contributed by atoms with E-state index in [0.717, 1.165) is 5.56 Å².